The predicted octanol–water partition coefficient (Wildman–Crippen LogP) is 4.39. The third-order valence-electron chi connectivity index (χ3n) is 4.66. The van der Waals surface area contributed by atoms with Crippen LogP contribution in [0.3, 0.4) is 0 Å². The van der Waals surface area contributed by atoms with E-state index in [0.717, 1.165) is 28.5 Å². The molecule has 0 saturated heterocycles. The van der Waals surface area contributed by atoms with E-state index >= 15 is 0 Å². The molecular formula is C22H21F3N2O. The van der Waals surface area contributed by atoms with Gasteiger partial charge in [0, 0.05) is 13.6 Å². The third kappa shape index (κ3) is 4.70. The zero-order chi connectivity index (χ0) is 20.3. The third-order valence-corrected chi connectivity index (χ3v) is 4.66. The van der Waals surface area contributed by atoms with E-state index in [9.17, 15) is 18.0 Å². The Morgan fingerprint density at radius 1 is 0.964 bits per heavy atom. The first kappa shape index (κ1) is 19.9. The summed E-state index contributed by atoms with van der Waals surface area (Å²) in [6.45, 7) is 0.197. The average molecular weight is 386 g/mol. The molecule has 0 aliphatic carbocycles. The Hall–Kier alpha value is -2.86. The van der Waals surface area contributed by atoms with E-state index in [2.05, 4.69) is 0 Å². The average Bonchev–Trinajstić information content (AvgIpc) is 2.67. The van der Waals surface area contributed by atoms with Crippen LogP contribution in [0, 0.1) is 0 Å². The highest BCUT2D eigenvalue weighted by atomic mass is 19.4. The highest BCUT2D eigenvalue weighted by molar-refractivity contribution is 5.84. The zero-order valence-corrected chi connectivity index (χ0v) is 15.4. The Morgan fingerprint density at radius 3 is 2.21 bits per heavy atom. The van der Waals surface area contributed by atoms with Crippen molar-refractivity contribution in [3.8, 4) is 0 Å². The summed E-state index contributed by atoms with van der Waals surface area (Å²) in [4.78, 5) is 14.0. The maximum Gasteiger partial charge on any atom is 0.416 e. The highest BCUT2D eigenvalue weighted by Gasteiger charge is 2.30. The van der Waals surface area contributed by atoms with Crippen LogP contribution < -0.4 is 5.73 Å². The van der Waals surface area contributed by atoms with Crippen LogP contribution >= 0.6 is 0 Å². The smallest absolute Gasteiger partial charge is 0.340 e. The van der Waals surface area contributed by atoms with Crippen molar-refractivity contribution in [1.82, 2.24) is 4.90 Å². The zero-order valence-electron chi connectivity index (χ0n) is 15.4. The van der Waals surface area contributed by atoms with Gasteiger partial charge in [0.15, 0.2) is 0 Å². The lowest BCUT2D eigenvalue weighted by molar-refractivity contribution is -0.137. The number of nitrogens with zero attached hydrogens (tertiary/aromatic N) is 1. The van der Waals surface area contributed by atoms with Gasteiger partial charge in [-0.05, 0) is 40.5 Å². The molecule has 6 heteroatoms. The molecule has 0 aliphatic rings. The normalized spacial score (nSPS) is 12.8. The molecular weight excluding hydrogens is 365 g/mol. The van der Waals surface area contributed by atoms with E-state index in [4.69, 9.17) is 5.73 Å². The summed E-state index contributed by atoms with van der Waals surface area (Å²) in [6, 6.07) is 18.0. The maximum absolute atomic E-state index is 12.6. The predicted molar refractivity (Wildman–Crippen MR) is 104 cm³/mol. The van der Waals surface area contributed by atoms with Crippen LogP contribution in [0.2, 0.25) is 0 Å². The fraction of sp³-hybridized carbons (Fsp3) is 0.227. The topological polar surface area (TPSA) is 46.3 Å². The summed E-state index contributed by atoms with van der Waals surface area (Å²) in [7, 11) is 1.60. The van der Waals surface area contributed by atoms with Gasteiger partial charge in [-0.15, -0.1) is 0 Å². The minimum Gasteiger partial charge on any atom is -0.340 e. The van der Waals surface area contributed by atoms with Crippen molar-refractivity contribution in [2.45, 2.75) is 25.2 Å². The van der Waals surface area contributed by atoms with Crippen LogP contribution in [0.1, 0.15) is 16.7 Å². The van der Waals surface area contributed by atoms with Gasteiger partial charge in [0.05, 0.1) is 11.6 Å². The van der Waals surface area contributed by atoms with Gasteiger partial charge < -0.3 is 10.6 Å². The number of carbonyl (C=O) groups is 1. The Morgan fingerprint density at radius 2 is 1.57 bits per heavy atom. The summed E-state index contributed by atoms with van der Waals surface area (Å²) in [5, 5.41) is 2.20. The SMILES string of the molecule is CN(Cc1ccc(C(F)(F)F)cc1)C(=O)[C@@H](N)Cc1ccc2ccccc2c1. The van der Waals surface area contributed by atoms with Crippen molar-refractivity contribution < 1.29 is 18.0 Å². The number of hydrogen-bond donors (Lipinski definition) is 1. The Labute approximate surface area is 161 Å². The molecule has 3 rings (SSSR count). The molecule has 0 saturated carbocycles. The van der Waals surface area contributed by atoms with E-state index < -0.39 is 17.8 Å². The van der Waals surface area contributed by atoms with Crippen LogP contribution in [0.15, 0.2) is 66.7 Å². The first-order chi connectivity index (χ1) is 13.2. The van der Waals surface area contributed by atoms with Gasteiger partial charge in [0.25, 0.3) is 0 Å². The molecule has 2 N–H and O–H groups in total. The minimum absolute atomic E-state index is 0.197. The van der Waals surface area contributed by atoms with Gasteiger partial charge >= 0.3 is 6.18 Å². The number of alkyl halides is 3. The lowest BCUT2D eigenvalue weighted by Gasteiger charge is -2.22. The van der Waals surface area contributed by atoms with Crippen LogP contribution in [0.5, 0.6) is 0 Å². The second-order valence-electron chi connectivity index (χ2n) is 6.88. The van der Waals surface area contributed by atoms with Gasteiger partial charge in [0.1, 0.15) is 0 Å². The van der Waals surface area contributed by atoms with Gasteiger partial charge in [-0.3, -0.25) is 4.79 Å². The highest BCUT2D eigenvalue weighted by Crippen LogP contribution is 2.29. The molecule has 1 amide bonds. The number of fused-ring (bicyclic) bond motifs is 1. The number of likely N-dealkylation sites (N-methyl/N-ethyl adjacent to an activating group) is 1. The number of rotatable bonds is 5. The minimum atomic E-state index is -4.37. The molecule has 0 fully saturated rings. The van der Waals surface area contributed by atoms with Crippen LogP contribution in [0.4, 0.5) is 13.2 Å². The molecule has 0 aromatic heterocycles. The first-order valence-electron chi connectivity index (χ1n) is 8.88. The van der Waals surface area contributed by atoms with Crippen LogP contribution in [-0.2, 0) is 23.9 Å². The Balaban J connectivity index is 1.63. The van der Waals surface area contributed by atoms with E-state index in [-0.39, 0.29) is 12.5 Å². The molecule has 0 radical (unpaired) electrons. The molecule has 3 aromatic rings. The molecule has 3 nitrogen and oxygen atoms in total. The van der Waals surface area contributed by atoms with Crippen molar-refractivity contribution in [2.75, 3.05) is 7.05 Å². The standard InChI is InChI=1S/C22H21F3N2O/c1-27(14-15-7-10-19(11-8-15)22(23,24)25)21(28)20(26)13-16-6-9-17-4-2-3-5-18(17)12-16/h2-12,20H,13-14,26H2,1H3/t20-/m0/s1. The number of benzene rings is 3. The number of carbonyl (C=O) groups excluding carboxylic acids is 1. The summed E-state index contributed by atoms with van der Waals surface area (Å²) >= 11 is 0. The number of halogens is 3. The molecule has 0 aliphatic heterocycles. The first-order valence-corrected chi connectivity index (χ1v) is 8.88. The van der Waals surface area contributed by atoms with Crippen molar-refractivity contribution >= 4 is 16.7 Å². The molecule has 0 spiro atoms. The summed E-state index contributed by atoms with van der Waals surface area (Å²) in [5.74, 6) is -0.256. The largest absolute Gasteiger partial charge is 0.416 e. The van der Waals surface area contributed by atoms with E-state index in [1.807, 2.05) is 42.5 Å². The summed E-state index contributed by atoms with van der Waals surface area (Å²) < 4.78 is 37.9. The molecule has 28 heavy (non-hydrogen) atoms. The van der Waals surface area contributed by atoms with Gasteiger partial charge in [0.2, 0.25) is 5.91 Å². The fourth-order valence-corrected chi connectivity index (χ4v) is 3.14. The van der Waals surface area contributed by atoms with E-state index in [1.54, 1.807) is 7.05 Å². The number of nitrogens with two attached hydrogens (primary N) is 1. The second kappa shape index (κ2) is 8.02. The van der Waals surface area contributed by atoms with Gasteiger partial charge in [-0.1, -0.05) is 54.6 Å². The molecule has 3 aromatic carbocycles. The Kier molecular flexibility index (Phi) is 5.70. The summed E-state index contributed by atoms with van der Waals surface area (Å²) in [5.41, 5.74) is 6.95. The maximum atomic E-state index is 12.6. The molecule has 0 unspecified atom stereocenters. The van der Waals surface area contributed by atoms with Crippen molar-refractivity contribution in [3.05, 3.63) is 83.4 Å². The molecule has 146 valence electrons. The number of amides is 1. The quantitative estimate of drug-likeness (QED) is 0.707. The molecule has 1 atom stereocenters. The number of hydrogen-bond acceptors (Lipinski definition) is 2. The second-order valence-corrected chi connectivity index (χ2v) is 6.88. The lowest BCUT2D eigenvalue weighted by Crippen LogP contribution is -2.42. The van der Waals surface area contributed by atoms with Crippen molar-refractivity contribution in [2.24, 2.45) is 5.73 Å². The molecule has 0 bridgehead atoms. The molecule has 0 heterocycles. The van der Waals surface area contributed by atoms with Crippen LogP contribution in [-0.4, -0.2) is 23.9 Å². The van der Waals surface area contributed by atoms with Crippen molar-refractivity contribution in [3.63, 3.8) is 0 Å². The van der Waals surface area contributed by atoms with Crippen LogP contribution in [0.25, 0.3) is 10.8 Å². The van der Waals surface area contributed by atoms with E-state index in [1.165, 1.54) is 17.0 Å². The monoisotopic (exact) mass is 386 g/mol. The fourth-order valence-electron chi connectivity index (χ4n) is 3.14. The van der Waals surface area contributed by atoms with Crippen molar-refractivity contribution in [1.29, 1.82) is 0 Å². The summed E-state index contributed by atoms with van der Waals surface area (Å²) in [6.07, 6.45) is -3.98. The van der Waals surface area contributed by atoms with Gasteiger partial charge in [-0.25, -0.2) is 0 Å². The van der Waals surface area contributed by atoms with Gasteiger partial charge in [-0.2, -0.15) is 13.2 Å². The Bertz CT molecular complexity index is 967. The van der Waals surface area contributed by atoms with E-state index in [0.29, 0.717) is 12.0 Å². The lowest BCUT2D eigenvalue weighted by atomic mass is 10.0.